The van der Waals surface area contributed by atoms with E-state index in [9.17, 15) is 9.59 Å². The predicted octanol–water partition coefficient (Wildman–Crippen LogP) is 3.86. The zero-order valence-electron chi connectivity index (χ0n) is 17.4. The van der Waals surface area contributed by atoms with E-state index in [1.165, 1.54) is 26.3 Å². The standard InChI is InChI=1S/C23H21N5O2S2/c1-27-21(30)16-8-7-15(11-18(16)25-23(27)31)20(29)26-22-24-17-9-10-28(13-19(17)32-22)12-14-5-3-2-4-6-14/h2-8,11H,9-10,12-13H2,1H3,(H,25,31)(H,24,26,29). The Kier molecular flexibility index (Phi) is 5.46. The highest BCUT2D eigenvalue weighted by atomic mass is 32.1. The van der Waals surface area contributed by atoms with Gasteiger partial charge in [-0.15, -0.1) is 11.3 Å². The van der Waals surface area contributed by atoms with Crippen LogP contribution in [0.1, 0.15) is 26.5 Å². The fraction of sp³-hybridized carbons (Fsp3) is 0.217. The van der Waals surface area contributed by atoms with E-state index in [1.807, 2.05) is 6.07 Å². The molecule has 0 radical (unpaired) electrons. The van der Waals surface area contributed by atoms with Crippen molar-refractivity contribution in [1.82, 2.24) is 19.4 Å². The van der Waals surface area contributed by atoms with E-state index >= 15 is 0 Å². The topological polar surface area (TPSA) is 83.0 Å². The Labute approximate surface area is 193 Å². The Morgan fingerprint density at radius 1 is 1.25 bits per heavy atom. The van der Waals surface area contributed by atoms with Gasteiger partial charge >= 0.3 is 0 Å². The van der Waals surface area contributed by atoms with Crippen LogP contribution in [0.4, 0.5) is 5.13 Å². The summed E-state index contributed by atoms with van der Waals surface area (Å²) in [6, 6.07) is 15.4. The van der Waals surface area contributed by atoms with E-state index in [0.29, 0.717) is 26.4 Å². The lowest BCUT2D eigenvalue weighted by Crippen LogP contribution is -2.29. The molecule has 3 heterocycles. The molecule has 2 aromatic heterocycles. The molecule has 0 unspecified atom stereocenters. The van der Waals surface area contributed by atoms with Crippen molar-refractivity contribution in [2.45, 2.75) is 19.5 Å². The van der Waals surface area contributed by atoms with Crippen LogP contribution in [0, 0.1) is 4.77 Å². The molecule has 7 nitrogen and oxygen atoms in total. The van der Waals surface area contributed by atoms with E-state index in [0.717, 1.165) is 31.7 Å². The van der Waals surface area contributed by atoms with Crippen LogP contribution in [0.5, 0.6) is 0 Å². The summed E-state index contributed by atoms with van der Waals surface area (Å²) in [6.07, 6.45) is 0.865. The minimum Gasteiger partial charge on any atom is -0.332 e. The first kappa shape index (κ1) is 20.7. The van der Waals surface area contributed by atoms with Crippen LogP contribution in [0.3, 0.4) is 0 Å². The summed E-state index contributed by atoms with van der Waals surface area (Å²) in [5.74, 6) is -0.265. The van der Waals surface area contributed by atoms with Crippen LogP contribution in [0.15, 0.2) is 53.3 Å². The van der Waals surface area contributed by atoms with E-state index < -0.39 is 0 Å². The van der Waals surface area contributed by atoms with Gasteiger partial charge in [-0.3, -0.25) is 24.4 Å². The number of anilines is 1. The van der Waals surface area contributed by atoms with Gasteiger partial charge in [0.2, 0.25) is 0 Å². The second-order valence-corrected chi connectivity index (χ2v) is 9.31. The zero-order valence-corrected chi connectivity index (χ0v) is 19.1. The maximum absolute atomic E-state index is 12.8. The van der Waals surface area contributed by atoms with Gasteiger partial charge < -0.3 is 4.98 Å². The highest BCUT2D eigenvalue weighted by Gasteiger charge is 2.22. The molecule has 0 aliphatic carbocycles. The van der Waals surface area contributed by atoms with Gasteiger partial charge in [0.1, 0.15) is 0 Å². The molecule has 0 spiro atoms. The number of aromatic nitrogens is 3. The summed E-state index contributed by atoms with van der Waals surface area (Å²) in [4.78, 5) is 36.4. The number of aromatic amines is 1. The normalized spacial score (nSPS) is 13.8. The molecule has 9 heteroatoms. The summed E-state index contributed by atoms with van der Waals surface area (Å²) in [6.45, 7) is 2.67. The first-order valence-electron chi connectivity index (χ1n) is 10.3. The van der Waals surface area contributed by atoms with E-state index in [-0.39, 0.29) is 11.5 Å². The van der Waals surface area contributed by atoms with Gasteiger partial charge in [0.05, 0.1) is 16.6 Å². The number of rotatable bonds is 4. The number of amides is 1. The van der Waals surface area contributed by atoms with Gasteiger partial charge in [0, 0.05) is 43.5 Å². The molecule has 162 valence electrons. The lowest BCUT2D eigenvalue weighted by molar-refractivity contribution is 0.102. The number of H-pyrrole nitrogens is 1. The zero-order chi connectivity index (χ0) is 22.2. The Bertz CT molecular complexity index is 1440. The fourth-order valence-electron chi connectivity index (χ4n) is 3.90. The Morgan fingerprint density at radius 3 is 2.88 bits per heavy atom. The van der Waals surface area contributed by atoms with Crippen molar-refractivity contribution < 1.29 is 4.79 Å². The fourth-order valence-corrected chi connectivity index (χ4v) is 5.13. The van der Waals surface area contributed by atoms with Gasteiger partial charge in [0.25, 0.3) is 11.5 Å². The number of carbonyl (C=O) groups is 1. The Hall–Kier alpha value is -3.14. The molecule has 0 fully saturated rings. The SMILES string of the molecule is Cn1c(=S)[nH]c2cc(C(=O)Nc3nc4c(s3)CN(Cc3ccccc3)CC4)ccc2c1=O. The van der Waals surface area contributed by atoms with E-state index in [1.54, 1.807) is 25.2 Å². The van der Waals surface area contributed by atoms with Gasteiger partial charge in [0.15, 0.2) is 9.90 Å². The summed E-state index contributed by atoms with van der Waals surface area (Å²) in [7, 11) is 1.62. The minimum atomic E-state index is -0.265. The minimum absolute atomic E-state index is 0.191. The number of hydrogen-bond acceptors (Lipinski definition) is 6. The smallest absolute Gasteiger partial charge is 0.261 e. The van der Waals surface area contributed by atoms with Gasteiger partial charge in [-0.05, 0) is 36.0 Å². The summed E-state index contributed by atoms with van der Waals surface area (Å²) >= 11 is 6.70. The molecule has 4 aromatic rings. The molecule has 2 aromatic carbocycles. The third-order valence-corrected chi connectivity index (χ3v) is 7.02. The highest BCUT2D eigenvalue weighted by molar-refractivity contribution is 7.71. The lowest BCUT2D eigenvalue weighted by atomic mass is 10.1. The number of nitrogens with one attached hydrogen (secondary N) is 2. The number of thiazole rings is 1. The van der Waals surface area contributed by atoms with Crippen molar-refractivity contribution >= 4 is 45.5 Å². The number of hydrogen-bond donors (Lipinski definition) is 2. The maximum atomic E-state index is 12.8. The molecule has 1 aliphatic heterocycles. The van der Waals surface area contributed by atoms with Crippen molar-refractivity contribution in [3.63, 3.8) is 0 Å². The predicted molar refractivity (Wildman–Crippen MR) is 129 cm³/mol. The molecule has 5 rings (SSSR count). The Balaban J connectivity index is 1.32. The van der Waals surface area contributed by atoms with Gasteiger partial charge in [-0.25, -0.2) is 4.98 Å². The van der Waals surface area contributed by atoms with Crippen LogP contribution < -0.4 is 10.9 Å². The quantitative estimate of drug-likeness (QED) is 0.449. The van der Waals surface area contributed by atoms with E-state index in [2.05, 4.69) is 44.5 Å². The molecule has 1 amide bonds. The molecule has 2 N–H and O–H groups in total. The van der Waals surface area contributed by atoms with Crippen LogP contribution >= 0.6 is 23.6 Å². The van der Waals surface area contributed by atoms with Crippen molar-refractivity contribution in [1.29, 1.82) is 0 Å². The number of carbonyl (C=O) groups excluding carboxylic acids is 1. The number of fused-ring (bicyclic) bond motifs is 2. The average Bonchev–Trinajstić information content (AvgIpc) is 3.19. The second-order valence-electron chi connectivity index (χ2n) is 7.84. The third kappa shape index (κ3) is 4.02. The molecular formula is C23H21N5O2S2. The third-order valence-electron chi connectivity index (χ3n) is 5.64. The van der Waals surface area contributed by atoms with Crippen molar-refractivity contribution in [2.75, 3.05) is 11.9 Å². The van der Waals surface area contributed by atoms with Crippen LogP contribution in [0.25, 0.3) is 10.9 Å². The monoisotopic (exact) mass is 463 g/mol. The van der Waals surface area contributed by atoms with Crippen LogP contribution in [0.2, 0.25) is 0 Å². The van der Waals surface area contributed by atoms with Crippen molar-refractivity contribution in [3.05, 3.63) is 85.4 Å². The van der Waals surface area contributed by atoms with Crippen LogP contribution in [-0.2, 0) is 26.6 Å². The van der Waals surface area contributed by atoms with Crippen molar-refractivity contribution in [3.8, 4) is 0 Å². The molecule has 0 atom stereocenters. The lowest BCUT2D eigenvalue weighted by Gasteiger charge is -2.25. The molecule has 1 aliphatic rings. The highest BCUT2D eigenvalue weighted by Crippen LogP contribution is 2.29. The summed E-state index contributed by atoms with van der Waals surface area (Å²) < 4.78 is 1.69. The molecule has 0 saturated carbocycles. The Morgan fingerprint density at radius 2 is 2.06 bits per heavy atom. The van der Waals surface area contributed by atoms with E-state index in [4.69, 9.17) is 12.2 Å². The first-order chi connectivity index (χ1) is 15.5. The van der Waals surface area contributed by atoms with Gasteiger partial charge in [-0.2, -0.15) is 0 Å². The average molecular weight is 464 g/mol. The number of nitrogens with zero attached hydrogens (tertiary/aromatic N) is 3. The maximum Gasteiger partial charge on any atom is 0.261 e. The first-order valence-corrected chi connectivity index (χ1v) is 11.5. The second kappa shape index (κ2) is 8.42. The molecule has 0 bridgehead atoms. The van der Waals surface area contributed by atoms with Crippen molar-refractivity contribution in [2.24, 2.45) is 7.05 Å². The largest absolute Gasteiger partial charge is 0.332 e. The summed E-state index contributed by atoms with van der Waals surface area (Å²) in [5.41, 5.74) is 3.14. The van der Waals surface area contributed by atoms with Gasteiger partial charge in [-0.1, -0.05) is 30.3 Å². The molecular weight excluding hydrogens is 442 g/mol. The van der Waals surface area contributed by atoms with Crippen LogP contribution in [-0.4, -0.2) is 31.9 Å². The summed E-state index contributed by atoms with van der Waals surface area (Å²) in [5, 5.41) is 3.99. The molecule has 32 heavy (non-hydrogen) atoms. The number of benzene rings is 2. The molecule has 0 saturated heterocycles.